The fraction of sp³-hybridized carbons (Fsp3) is 0.214. The zero-order valence-corrected chi connectivity index (χ0v) is 10.0. The van der Waals surface area contributed by atoms with Gasteiger partial charge in [0.25, 0.3) is 0 Å². The van der Waals surface area contributed by atoms with Crippen LogP contribution < -0.4 is 4.74 Å². The number of carboxylic acid groups (broad SMARTS) is 1. The van der Waals surface area contributed by atoms with E-state index in [2.05, 4.69) is 0 Å². The van der Waals surface area contributed by atoms with Crippen LogP contribution in [0.3, 0.4) is 0 Å². The molecule has 0 aromatic heterocycles. The summed E-state index contributed by atoms with van der Waals surface area (Å²) in [5.41, 5.74) is 1.25. The minimum Gasteiger partial charge on any atom is -0.491 e. The van der Waals surface area contributed by atoms with Crippen molar-refractivity contribution in [1.29, 1.82) is 0 Å². The summed E-state index contributed by atoms with van der Waals surface area (Å²) in [5, 5.41) is 19.5. The lowest BCUT2D eigenvalue weighted by molar-refractivity contribution is 0.0696. The number of aliphatic hydroxyl groups is 1. The second-order valence-corrected chi connectivity index (χ2v) is 4.08. The number of ether oxygens (including phenoxy) is 1. The average molecular weight is 246 g/mol. The first-order valence-electron chi connectivity index (χ1n) is 5.63. The SMILES string of the molecule is Cc1ccc2cc(C(=O)O)cc(OCCO)c2c1. The van der Waals surface area contributed by atoms with E-state index in [0.717, 1.165) is 16.3 Å². The third-order valence-electron chi connectivity index (χ3n) is 2.67. The molecule has 0 heterocycles. The molecule has 0 atom stereocenters. The van der Waals surface area contributed by atoms with Crippen molar-refractivity contribution in [3.63, 3.8) is 0 Å². The first-order chi connectivity index (χ1) is 8.61. The lowest BCUT2D eigenvalue weighted by atomic mass is 10.0. The smallest absolute Gasteiger partial charge is 0.335 e. The number of fused-ring (bicyclic) bond motifs is 1. The second kappa shape index (κ2) is 5.06. The van der Waals surface area contributed by atoms with Gasteiger partial charge >= 0.3 is 5.97 Å². The Morgan fingerprint density at radius 1 is 1.28 bits per heavy atom. The van der Waals surface area contributed by atoms with Crippen molar-refractivity contribution in [1.82, 2.24) is 0 Å². The molecule has 0 bridgehead atoms. The highest BCUT2D eigenvalue weighted by Crippen LogP contribution is 2.28. The Balaban J connectivity index is 2.61. The van der Waals surface area contributed by atoms with Gasteiger partial charge in [0.2, 0.25) is 0 Å². The maximum absolute atomic E-state index is 11.0. The van der Waals surface area contributed by atoms with Gasteiger partial charge < -0.3 is 14.9 Å². The van der Waals surface area contributed by atoms with Crippen LogP contribution in [-0.2, 0) is 0 Å². The zero-order valence-electron chi connectivity index (χ0n) is 10.0. The van der Waals surface area contributed by atoms with Gasteiger partial charge in [0.05, 0.1) is 12.2 Å². The predicted molar refractivity (Wildman–Crippen MR) is 68.2 cm³/mol. The molecular weight excluding hydrogens is 232 g/mol. The number of benzene rings is 2. The highest BCUT2D eigenvalue weighted by Gasteiger charge is 2.10. The maximum Gasteiger partial charge on any atom is 0.335 e. The molecule has 2 aromatic rings. The normalized spacial score (nSPS) is 10.6. The van der Waals surface area contributed by atoms with Crippen molar-refractivity contribution in [2.45, 2.75) is 6.92 Å². The van der Waals surface area contributed by atoms with E-state index in [1.54, 1.807) is 6.07 Å². The molecule has 4 nitrogen and oxygen atoms in total. The Morgan fingerprint density at radius 3 is 2.72 bits per heavy atom. The molecule has 4 heteroatoms. The molecule has 0 radical (unpaired) electrons. The number of aryl methyl sites for hydroxylation is 1. The fourth-order valence-corrected chi connectivity index (χ4v) is 1.84. The Bertz CT molecular complexity index is 590. The summed E-state index contributed by atoms with van der Waals surface area (Å²) in [6, 6.07) is 8.82. The molecular formula is C14H14O4. The van der Waals surface area contributed by atoms with E-state index < -0.39 is 5.97 Å². The van der Waals surface area contributed by atoms with Crippen LogP contribution in [0.4, 0.5) is 0 Å². The van der Waals surface area contributed by atoms with Crippen LogP contribution in [0.15, 0.2) is 30.3 Å². The van der Waals surface area contributed by atoms with Crippen LogP contribution in [-0.4, -0.2) is 29.4 Å². The van der Waals surface area contributed by atoms with E-state index in [0.29, 0.717) is 5.75 Å². The Kier molecular flexibility index (Phi) is 3.48. The number of aliphatic hydroxyl groups excluding tert-OH is 1. The molecule has 0 fully saturated rings. The molecule has 0 aliphatic rings. The fourth-order valence-electron chi connectivity index (χ4n) is 1.84. The largest absolute Gasteiger partial charge is 0.491 e. The van der Waals surface area contributed by atoms with Crippen molar-refractivity contribution >= 4 is 16.7 Å². The monoisotopic (exact) mass is 246 g/mol. The molecule has 2 N–H and O–H groups in total. The second-order valence-electron chi connectivity index (χ2n) is 4.08. The van der Waals surface area contributed by atoms with Crippen molar-refractivity contribution in [2.75, 3.05) is 13.2 Å². The van der Waals surface area contributed by atoms with Crippen molar-refractivity contribution in [3.05, 3.63) is 41.5 Å². The van der Waals surface area contributed by atoms with E-state index >= 15 is 0 Å². The van der Waals surface area contributed by atoms with E-state index in [1.165, 1.54) is 6.07 Å². The average Bonchev–Trinajstić information content (AvgIpc) is 2.35. The van der Waals surface area contributed by atoms with E-state index in [9.17, 15) is 4.79 Å². The quantitative estimate of drug-likeness (QED) is 0.868. The summed E-state index contributed by atoms with van der Waals surface area (Å²) in [7, 11) is 0. The minimum atomic E-state index is -0.994. The van der Waals surface area contributed by atoms with Gasteiger partial charge in [-0.2, -0.15) is 0 Å². The van der Waals surface area contributed by atoms with Gasteiger partial charge in [0, 0.05) is 5.39 Å². The highest BCUT2D eigenvalue weighted by atomic mass is 16.5. The third kappa shape index (κ3) is 2.43. The van der Waals surface area contributed by atoms with E-state index in [1.807, 2.05) is 25.1 Å². The number of aromatic carboxylic acids is 1. The van der Waals surface area contributed by atoms with Crippen molar-refractivity contribution in [2.24, 2.45) is 0 Å². The standard InChI is InChI=1S/C14H14O4/c1-9-2-3-10-7-11(14(16)17)8-13(12(10)6-9)18-5-4-15/h2-3,6-8,15H,4-5H2,1H3,(H,16,17). The van der Waals surface area contributed by atoms with Gasteiger partial charge in [-0.05, 0) is 30.5 Å². The lowest BCUT2D eigenvalue weighted by Gasteiger charge is -2.10. The molecule has 94 valence electrons. The summed E-state index contributed by atoms with van der Waals surface area (Å²) in [4.78, 5) is 11.0. The maximum atomic E-state index is 11.0. The first kappa shape index (κ1) is 12.4. The summed E-state index contributed by atoms with van der Waals surface area (Å²) in [6.07, 6.45) is 0. The molecule has 0 saturated heterocycles. The molecule has 2 rings (SSSR count). The van der Waals surface area contributed by atoms with E-state index in [4.69, 9.17) is 14.9 Å². The molecule has 0 aliphatic heterocycles. The Morgan fingerprint density at radius 2 is 2.06 bits per heavy atom. The van der Waals surface area contributed by atoms with Crippen LogP contribution in [0.25, 0.3) is 10.8 Å². The third-order valence-corrected chi connectivity index (χ3v) is 2.67. The summed E-state index contributed by atoms with van der Waals surface area (Å²) in [6.45, 7) is 2.00. The molecule has 0 saturated carbocycles. The number of rotatable bonds is 4. The van der Waals surface area contributed by atoms with Crippen molar-refractivity contribution in [3.8, 4) is 5.75 Å². The molecule has 0 spiro atoms. The van der Waals surface area contributed by atoms with Gasteiger partial charge in [0.15, 0.2) is 0 Å². The molecule has 0 amide bonds. The van der Waals surface area contributed by atoms with Crippen LogP contribution >= 0.6 is 0 Å². The number of carboxylic acids is 1. The minimum absolute atomic E-state index is 0.107. The molecule has 0 unspecified atom stereocenters. The number of hydrogen-bond donors (Lipinski definition) is 2. The van der Waals surface area contributed by atoms with Gasteiger partial charge in [0.1, 0.15) is 12.4 Å². The van der Waals surface area contributed by atoms with Gasteiger partial charge in [-0.3, -0.25) is 0 Å². The van der Waals surface area contributed by atoms with Crippen LogP contribution in [0.1, 0.15) is 15.9 Å². The van der Waals surface area contributed by atoms with Crippen LogP contribution in [0, 0.1) is 6.92 Å². The topological polar surface area (TPSA) is 66.8 Å². The lowest BCUT2D eigenvalue weighted by Crippen LogP contribution is -2.04. The van der Waals surface area contributed by atoms with Gasteiger partial charge in [-0.15, -0.1) is 0 Å². The zero-order chi connectivity index (χ0) is 13.1. The molecule has 2 aromatic carbocycles. The van der Waals surface area contributed by atoms with Gasteiger partial charge in [-0.25, -0.2) is 4.79 Å². The Hall–Kier alpha value is -2.07. The van der Waals surface area contributed by atoms with Crippen LogP contribution in [0.5, 0.6) is 5.75 Å². The summed E-state index contributed by atoms with van der Waals surface area (Å²) in [5.74, 6) is -0.506. The molecule has 0 aliphatic carbocycles. The Labute approximate surface area is 104 Å². The highest BCUT2D eigenvalue weighted by molar-refractivity contribution is 5.97. The predicted octanol–water partition coefficient (Wildman–Crippen LogP) is 2.22. The van der Waals surface area contributed by atoms with Gasteiger partial charge in [-0.1, -0.05) is 17.7 Å². The summed E-state index contributed by atoms with van der Waals surface area (Å²) >= 11 is 0. The number of carbonyl (C=O) groups is 1. The molecule has 18 heavy (non-hydrogen) atoms. The number of hydrogen-bond acceptors (Lipinski definition) is 3. The summed E-state index contributed by atoms with van der Waals surface area (Å²) < 4.78 is 5.40. The first-order valence-corrected chi connectivity index (χ1v) is 5.63. The van der Waals surface area contributed by atoms with Crippen LogP contribution in [0.2, 0.25) is 0 Å². The van der Waals surface area contributed by atoms with Crippen molar-refractivity contribution < 1.29 is 19.7 Å². The van der Waals surface area contributed by atoms with E-state index in [-0.39, 0.29) is 18.8 Å².